The Kier molecular flexibility index (Phi) is 7.01. The molecule has 0 atom stereocenters. The first kappa shape index (κ1) is 19.5. The molecule has 0 saturated heterocycles. The molecule has 2 aromatic rings. The van der Waals surface area contributed by atoms with Crippen molar-refractivity contribution in [2.75, 3.05) is 17.7 Å². The van der Waals surface area contributed by atoms with E-state index in [4.69, 9.17) is 4.74 Å². The Balaban J connectivity index is 2.09. The molecule has 1 aromatic heterocycles. The second kappa shape index (κ2) is 9.01. The zero-order chi connectivity index (χ0) is 18.4. The van der Waals surface area contributed by atoms with Gasteiger partial charge in [0.25, 0.3) is 0 Å². The molecule has 0 aliphatic heterocycles. The molecule has 7 heteroatoms. The molecule has 0 aliphatic rings. The number of thiophene rings is 1. The van der Waals surface area contributed by atoms with E-state index < -0.39 is 5.97 Å². The van der Waals surface area contributed by atoms with E-state index in [0.717, 1.165) is 15.3 Å². The Morgan fingerprint density at radius 3 is 2.52 bits per heavy atom. The lowest BCUT2D eigenvalue weighted by Crippen LogP contribution is -2.16. The first-order valence-electron chi connectivity index (χ1n) is 7.93. The van der Waals surface area contributed by atoms with Crippen LogP contribution in [0.15, 0.2) is 29.2 Å². The number of anilines is 1. The maximum Gasteiger partial charge on any atom is 0.341 e. The Morgan fingerprint density at radius 2 is 1.92 bits per heavy atom. The molecule has 0 unspecified atom stereocenters. The van der Waals surface area contributed by atoms with Crippen LogP contribution in [0.25, 0.3) is 0 Å². The van der Waals surface area contributed by atoms with Crippen LogP contribution in [-0.2, 0) is 16.0 Å². The first-order valence-corrected chi connectivity index (χ1v) is 9.74. The fourth-order valence-electron chi connectivity index (χ4n) is 2.35. The molecule has 0 radical (unpaired) electrons. The second-order valence-electron chi connectivity index (χ2n) is 5.21. The third-order valence-corrected chi connectivity index (χ3v) is 5.55. The van der Waals surface area contributed by atoms with Gasteiger partial charge >= 0.3 is 5.97 Å². The highest BCUT2D eigenvalue weighted by Gasteiger charge is 2.23. The van der Waals surface area contributed by atoms with Gasteiger partial charge in [-0.25, -0.2) is 9.18 Å². The summed E-state index contributed by atoms with van der Waals surface area (Å²) in [5, 5.41) is 3.34. The van der Waals surface area contributed by atoms with Crippen LogP contribution < -0.4 is 5.32 Å². The van der Waals surface area contributed by atoms with Crippen molar-refractivity contribution in [1.29, 1.82) is 0 Å². The number of carbonyl (C=O) groups excluding carboxylic acids is 2. The highest BCUT2D eigenvalue weighted by Crippen LogP contribution is 2.34. The van der Waals surface area contributed by atoms with Crippen LogP contribution in [0.1, 0.15) is 34.6 Å². The number of benzene rings is 1. The van der Waals surface area contributed by atoms with Crippen molar-refractivity contribution >= 4 is 40.0 Å². The number of nitrogens with one attached hydrogen (secondary N) is 1. The number of halogens is 1. The van der Waals surface area contributed by atoms with Crippen molar-refractivity contribution in [1.82, 2.24) is 0 Å². The van der Waals surface area contributed by atoms with Crippen LogP contribution in [0.4, 0.5) is 9.39 Å². The topological polar surface area (TPSA) is 55.4 Å². The minimum atomic E-state index is -0.412. The van der Waals surface area contributed by atoms with Gasteiger partial charge in [0.05, 0.1) is 17.9 Å². The zero-order valence-electron chi connectivity index (χ0n) is 14.3. The van der Waals surface area contributed by atoms with E-state index in [1.807, 2.05) is 13.8 Å². The molecule has 25 heavy (non-hydrogen) atoms. The fourth-order valence-corrected chi connectivity index (χ4v) is 4.20. The molecular formula is C18H20FNO3S2. The third-order valence-electron chi connectivity index (χ3n) is 3.48. The Bertz CT molecular complexity index is 756. The van der Waals surface area contributed by atoms with Gasteiger partial charge in [-0.15, -0.1) is 23.1 Å². The highest BCUT2D eigenvalue weighted by molar-refractivity contribution is 8.00. The molecule has 1 aromatic carbocycles. The quantitative estimate of drug-likeness (QED) is 0.560. The van der Waals surface area contributed by atoms with Crippen LogP contribution in [0.5, 0.6) is 0 Å². The van der Waals surface area contributed by atoms with Crippen LogP contribution in [0, 0.1) is 12.7 Å². The van der Waals surface area contributed by atoms with Gasteiger partial charge in [-0.05, 0) is 50.1 Å². The second-order valence-corrected chi connectivity index (χ2v) is 7.48. The monoisotopic (exact) mass is 381 g/mol. The lowest BCUT2D eigenvalue weighted by atomic mass is 10.1. The molecule has 134 valence electrons. The summed E-state index contributed by atoms with van der Waals surface area (Å²) >= 11 is 2.69. The first-order chi connectivity index (χ1) is 12.0. The van der Waals surface area contributed by atoms with Crippen LogP contribution in [0.2, 0.25) is 0 Å². The van der Waals surface area contributed by atoms with E-state index in [-0.39, 0.29) is 24.1 Å². The van der Waals surface area contributed by atoms with Crippen molar-refractivity contribution in [2.24, 2.45) is 0 Å². The molecule has 0 fully saturated rings. The lowest BCUT2D eigenvalue weighted by Gasteiger charge is -2.08. The Hall–Kier alpha value is -1.86. The number of aryl methyl sites for hydroxylation is 1. The van der Waals surface area contributed by atoms with E-state index in [1.165, 1.54) is 35.2 Å². The van der Waals surface area contributed by atoms with E-state index in [1.54, 1.807) is 19.1 Å². The van der Waals surface area contributed by atoms with Gasteiger partial charge in [-0.1, -0.05) is 6.92 Å². The summed E-state index contributed by atoms with van der Waals surface area (Å²) in [7, 11) is 0. The molecule has 2 rings (SSSR count). The van der Waals surface area contributed by atoms with Gasteiger partial charge in [0.2, 0.25) is 5.91 Å². The van der Waals surface area contributed by atoms with E-state index in [2.05, 4.69) is 5.32 Å². The summed E-state index contributed by atoms with van der Waals surface area (Å²) in [5.41, 5.74) is 1.36. The molecule has 1 N–H and O–H groups in total. The number of carbonyl (C=O) groups is 2. The summed E-state index contributed by atoms with van der Waals surface area (Å²) in [6.07, 6.45) is 0.691. The highest BCUT2D eigenvalue weighted by atomic mass is 32.2. The maximum atomic E-state index is 12.9. The molecule has 1 amide bonds. The number of ether oxygens (including phenoxy) is 1. The zero-order valence-corrected chi connectivity index (χ0v) is 16.0. The standard InChI is InChI=1S/C18H20FNO3S2/c1-4-14-11(3)25-17(16(14)18(22)23-5-2)20-15(21)10-24-13-8-6-12(19)7-9-13/h6-9H,4-5,10H2,1-3H3,(H,20,21). The smallest absolute Gasteiger partial charge is 0.341 e. The minimum Gasteiger partial charge on any atom is -0.462 e. The number of hydrogen-bond acceptors (Lipinski definition) is 5. The van der Waals surface area contributed by atoms with Crippen LogP contribution in [0.3, 0.4) is 0 Å². The molecule has 1 heterocycles. The fraction of sp³-hybridized carbons (Fsp3) is 0.333. The molecule has 0 bridgehead atoms. The van der Waals surface area contributed by atoms with Crippen molar-refractivity contribution in [3.63, 3.8) is 0 Å². The normalized spacial score (nSPS) is 10.6. The van der Waals surface area contributed by atoms with Gasteiger partial charge < -0.3 is 10.1 Å². The van der Waals surface area contributed by atoms with E-state index in [9.17, 15) is 14.0 Å². The van der Waals surface area contributed by atoms with Gasteiger partial charge in [-0.2, -0.15) is 0 Å². The Morgan fingerprint density at radius 1 is 1.24 bits per heavy atom. The van der Waals surface area contributed by atoms with Crippen molar-refractivity contribution in [3.05, 3.63) is 46.1 Å². The summed E-state index contributed by atoms with van der Waals surface area (Å²) in [4.78, 5) is 26.3. The number of esters is 1. The summed E-state index contributed by atoms with van der Waals surface area (Å²) in [6, 6.07) is 5.97. The van der Waals surface area contributed by atoms with E-state index in [0.29, 0.717) is 17.0 Å². The number of thioether (sulfide) groups is 1. The molecular weight excluding hydrogens is 361 g/mol. The van der Waals surface area contributed by atoms with E-state index >= 15 is 0 Å². The number of hydrogen-bond donors (Lipinski definition) is 1. The number of amides is 1. The third kappa shape index (κ3) is 5.06. The van der Waals surface area contributed by atoms with Gasteiger partial charge in [0, 0.05) is 9.77 Å². The molecule has 0 aliphatic carbocycles. The number of rotatable bonds is 7. The lowest BCUT2D eigenvalue weighted by molar-refractivity contribution is -0.113. The molecule has 0 spiro atoms. The largest absolute Gasteiger partial charge is 0.462 e. The van der Waals surface area contributed by atoms with Crippen molar-refractivity contribution in [3.8, 4) is 0 Å². The van der Waals surface area contributed by atoms with Gasteiger partial charge in [0.1, 0.15) is 10.8 Å². The van der Waals surface area contributed by atoms with Crippen LogP contribution >= 0.6 is 23.1 Å². The predicted molar refractivity (Wildman–Crippen MR) is 100 cm³/mol. The van der Waals surface area contributed by atoms with Crippen molar-refractivity contribution < 1.29 is 18.7 Å². The SMILES string of the molecule is CCOC(=O)c1c(NC(=O)CSc2ccc(F)cc2)sc(C)c1CC. The summed E-state index contributed by atoms with van der Waals surface area (Å²) < 4.78 is 18.0. The predicted octanol–water partition coefficient (Wildman–Crippen LogP) is 4.67. The average Bonchev–Trinajstić information content (AvgIpc) is 2.89. The van der Waals surface area contributed by atoms with Gasteiger partial charge in [-0.3, -0.25) is 4.79 Å². The molecule has 0 saturated carbocycles. The maximum absolute atomic E-state index is 12.9. The molecule has 4 nitrogen and oxygen atoms in total. The van der Waals surface area contributed by atoms with Crippen molar-refractivity contribution in [2.45, 2.75) is 32.1 Å². The van der Waals surface area contributed by atoms with Gasteiger partial charge in [0.15, 0.2) is 0 Å². The van der Waals surface area contributed by atoms with Crippen LogP contribution in [-0.4, -0.2) is 24.2 Å². The summed E-state index contributed by atoms with van der Waals surface area (Å²) in [5.74, 6) is -0.769. The average molecular weight is 381 g/mol. The summed E-state index contributed by atoms with van der Waals surface area (Å²) in [6.45, 7) is 5.92. The minimum absolute atomic E-state index is 0.173. The Labute approximate surface area is 154 Å².